The van der Waals surface area contributed by atoms with Crippen molar-refractivity contribution in [2.45, 2.75) is 33.0 Å². The third kappa shape index (κ3) is 3.47. The molecule has 0 bridgehead atoms. The zero-order chi connectivity index (χ0) is 17.3. The highest BCUT2D eigenvalue weighted by molar-refractivity contribution is 6.83. The summed E-state index contributed by atoms with van der Waals surface area (Å²) in [6.45, 7) is 8.73. The van der Waals surface area contributed by atoms with Gasteiger partial charge in [0, 0.05) is 34.6 Å². The number of nitrogens with two attached hydrogens (primary N) is 1. The van der Waals surface area contributed by atoms with Gasteiger partial charge in [0.2, 0.25) is 5.95 Å². The van der Waals surface area contributed by atoms with E-state index in [0.717, 1.165) is 40.0 Å². The zero-order valence-electron chi connectivity index (χ0n) is 14.4. The van der Waals surface area contributed by atoms with Gasteiger partial charge in [-0.3, -0.25) is 0 Å². The van der Waals surface area contributed by atoms with Gasteiger partial charge in [-0.25, -0.2) is 15.0 Å². The van der Waals surface area contributed by atoms with Crippen molar-refractivity contribution in [1.29, 1.82) is 0 Å². The lowest BCUT2D eigenvalue weighted by atomic mass is 10.1. The summed E-state index contributed by atoms with van der Waals surface area (Å²) in [7, 11) is -1.42. The molecule has 122 valence electrons. The Hall–Kier alpha value is -2.65. The van der Waals surface area contributed by atoms with Crippen molar-refractivity contribution in [2.24, 2.45) is 0 Å². The van der Waals surface area contributed by atoms with Gasteiger partial charge in [0.25, 0.3) is 0 Å². The summed E-state index contributed by atoms with van der Waals surface area (Å²) in [5.41, 5.74) is 13.7. The van der Waals surface area contributed by atoms with Crippen LogP contribution in [0.15, 0.2) is 24.5 Å². The molecule has 6 heteroatoms. The molecule has 0 aliphatic rings. The minimum Gasteiger partial charge on any atom is -0.368 e. The normalized spacial score (nSPS) is 11.3. The van der Waals surface area contributed by atoms with E-state index in [-0.39, 0.29) is 0 Å². The first kappa shape index (κ1) is 16.2. The van der Waals surface area contributed by atoms with E-state index < -0.39 is 8.07 Å². The van der Waals surface area contributed by atoms with Crippen molar-refractivity contribution < 1.29 is 0 Å². The van der Waals surface area contributed by atoms with Crippen LogP contribution in [-0.4, -0.2) is 28.0 Å². The van der Waals surface area contributed by atoms with E-state index in [1.54, 1.807) is 0 Å². The first-order valence-electron chi connectivity index (χ1n) is 8.00. The van der Waals surface area contributed by atoms with Crippen LogP contribution in [0.25, 0.3) is 22.3 Å². The van der Waals surface area contributed by atoms with Crippen molar-refractivity contribution in [2.75, 3.05) is 5.73 Å². The Morgan fingerprint density at radius 2 is 2.00 bits per heavy atom. The van der Waals surface area contributed by atoms with Gasteiger partial charge in [-0.1, -0.05) is 32.5 Å². The van der Waals surface area contributed by atoms with E-state index in [4.69, 9.17) is 5.73 Å². The first-order valence-corrected chi connectivity index (χ1v) is 11.5. The molecular formula is C18H21N5Si. The van der Waals surface area contributed by atoms with Crippen molar-refractivity contribution in [3.63, 3.8) is 0 Å². The molecule has 0 saturated carbocycles. The maximum Gasteiger partial charge on any atom is 0.220 e. The summed E-state index contributed by atoms with van der Waals surface area (Å²) in [4.78, 5) is 16.3. The van der Waals surface area contributed by atoms with Gasteiger partial charge in [-0.2, -0.15) is 0 Å². The predicted octanol–water partition coefficient (Wildman–Crippen LogP) is 3.39. The Kier molecular flexibility index (Phi) is 4.12. The predicted molar refractivity (Wildman–Crippen MR) is 101 cm³/mol. The van der Waals surface area contributed by atoms with Gasteiger partial charge in [-0.15, -0.1) is 5.54 Å². The molecule has 0 saturated heterocycles. The van der Waals surface area contributed by atoms with Crippen molar-refractivity contribution in [3.05, 3.63) is 35.8 Å². The average Bonchev–Trinajstić information content (AvgIpc) is 2.94. The Morgan fingerprint density at radius 1 is 1.21 bits per heavy atom. The number of hydrogen-bond acceptors (Lipinski definition) is 4. The van der Waals surface area contributed by atoms with E-state index >= 15 is 0 Å². The second-order valence-corrected chi connectivity index (χ2v) is 11.5. The monoisotopic (exact) mass is 335 g/mol. The summed E-state index contributed by atoms with van der Waals surface area (Å²) in [5.74, 6) is 3.55. The lowest BCUT2D eigenvalue weighted by Crippen LogP contribution is -2.16. The number of nitrogens with zero attached hydrogens (tertiary/aromatic N) is 3. The van der Waals surface area contributed by atoms with Crippen LogP contribution >= 0.6 is 0 Å². The molecule has 0 amide bonds. The molecule has 3 rings (SSSR count). The number of pyridine rings is 1. The maximum absolute atomic E-state index is 5.84. The number of nitrogens with one attached hydrogen (secondary N) is 1. The number of hydrogen-bond donors (Lipinski definition) is 2. The Morgan fingerprint density at radius 3 is 2.71 bits per heavy atom. The van der Waals surface area contributed by atoms with Crippen LogP contribution in [0.3, 0.4) is 0 Å². The summed E-state index contributed by atoms with van der Waals surface area (Å²) < 4.78 is 0. The van der Waals surface area contributed by atoms with Crippen molar-refractivity contribution in [3.8, 4) is 22.7 Å². The molecule has 3 aromatic rings. The minimum atomic E-state index is -1.42. The van der Waals surface area contributed by atoms with Crippen LogP contribution in [0.5, 0.6) is 0 Å². The first-order chi connectivity index (χ1) is 11.4. The Labute approximate surface area is 142 Å². The molecule has 0 unspecified atom stereocenters. The number of aromatic amines is 1. The third-order valence-corrected chi connectivity index (χ3v) is 4.42. The number of aromatic nitrogens is 4. The van der Waals surface area contributed by atoms with Crippen LogP contribution in [0, 0.1) is 11.5 Å². The minimum absolute atomic E-state index is 0.293. The molecule has 24 heavy (non-hydrogen) atoms. The number of rotatable bonds is 2. The van der Waals surface area contributed by atoms with Crippen molar-refractivity contribution >= 4 is 25.1 Å². The van der Waals surface area contributed by atoms with E-state index in [1.165, 1.54) is 0 Å². The molecule has 0 fully saturated rings. The molecule has 0 spiro atoms. The fourth-order valence-corrected chi connectivity index (χ4v) is 2.90. The fraction of sp³-hybridized carbons (Fsp3) is 0.278. The molecule has 3 heterocycles. The van der Waals surface area contributed by atoms with Crippen LogP contribution < -0.4 is 5.73 Å². The zero-order valence-corrected chi connectivity index (χ0v) is 15.4. The number of aryl methyl sites for hydroxylation is 1. The van der Waals surface area contributed by atoms with Crippen LogP contribution in [0.1, 0.15) is 18.2 Å². The van der Waals surface area contributed by atoms with E-state index in [9.17, 15) is 0 Å². The quantitative estimate of drug-likeness (QED) is 0.555. The second-order valence-electron chi connectivity index (χ2n) is 6.78. The molecule has 3 N–H and O–H groups in total. The molecule has 0 aromatic carbocycles. The molecule has 0 aliphatic heterocycles. The molecule has 0 atom stereocenters. The number of H-pyrrole nitrogens is 1. The molecule has 0 radical (unpaired) electrons. The molecule has 0 aliphatic carbocycles. The summed E-state index contributed by atoms with van der Waals surface area (Å²) >= 11 is 0. The number of fused-ring (bicyclic) bond motifs is 1. The standard InChI is InChI=1S/C18H21N5Si/c1-5-13-9-16(23-18(19)22-13)15-11-21-17-14(15)8-12(10-20-17)6-7-24(2,3)4/h8-11H,5H2,1-4H3,(H,20,21)(H2,19,22,23). The van der Waals surface area contributed by atoms with Gasteiger partial charge >= 0.3 is 0 Å². The number of nitrogen functional groups attached to an aromatic ring is 1. The molecule has 5 nitrogen and oxygen atoms in total. The Bertz CT molecular complexity index is 957. The van der Waals surface area contributed by atoms with Crippen molar-refractivity contribution in [1.82, 2.24) is 19.9 Å². The third-order valence-electron chi connectivity index (χ3n) is 3.55. The van der Waals surface area contributed by atoms with E-state index in [1.807, 2.05) is 25.4 Å². The lowest BCUT2D eigenvalue weighted by molar-refractivity contribution is 1.01. The van der Waals surface area contributed by atoms with Gasteiger partial charge in [-0.05, 0) is 18.6 Å². The SMILES string of the molecule is CCc1cc(-c2c[nH]c3ncc(C#C[Si](C)(C)C)cc23)nc(N)n1. The largest absolute Gasteiger partial charge is 0.368 e. The van der Waals surface area contributed by atoms with Crippen LogP contribution in [-0.2, 0) is 6.42 Å². The summed E-state index contributed by atoms with van der Waals surface area (Å²) in [6.07, 6.45) is 4.53. The van der Waals surface area contributed by atoms with Crippen LogP contribution in [0.4, 0.5) is 5.95 Å². The summed E-state index contributed by atoms with van der Waals surface area (Å²) in [5, 5.41) is 0.998. The van der Waals surface area contributed by atoms with E-state index in [2.05, 4.69) is 57.1 Å². The fourth-order valence-electron chi connectivity index (χ4n) is 2.38. The van der Waals surface area contributed by atoms with Gasteiger partial charge in [0.05, 0.1) is 5.69 Å². The molecule has 3 aromatic heterocycles. The summed E-state index contributed by atoms with van der Waals surface area (Å²) in [6, 6.07) is 4.03. The lowest BCUT2D eigenvalue weighted by Gasteiger charge is -2.04. The second kappa shape index (κ2) is 6.10. The van der Waals surface area contributed by atoms with Crippen LogP contribution in [0.2, 0.25) is 19.6 Å². The van der Waals surface area contributed by atoms with E-state index in [0.29, 0.717) is 5.95 Å². The highest BCUT2D eigenvalue weighted by Crippen LogP contribution is 2.27. The van der Waals surface area contributed by atoms with Gasteiger partial charge < -0.3 is 10.7 Å². The van der Waals surface area contributed by atoms with Gasteiger partial charge in [0.15, 0.2) is 0 Å². The topological polar surface area (TPSA) is 80.5 Å². The number of anilines is 1. The van der Waals surface area contributed by atoms with Gasteiger partial charge in [0.1, 0.15) is 13.7 Å². The molecular weight excluding hydrogens is 314 g/mol. The highest BCUT2D eigenvalue weighted by Gasteiger charge is 2.12. The highest BCUT2D eigenvalue weighted by atomic mass is 28.3. The smallest absolute Gasteiger partial charge is 0.220 e. The maximum atomic E-state index is 5.84. The average molecular weight is 335 g/mol. The Balaban J connectivity index is 2.12.